The fraction of sp³-hybridized carbons (Fsp3) is 0.0833. The third kappa shape index (κ3) is 5.30. The lowest BCUT2D eigenvalue weighted by atomic mass is 10.2. The number of para-hydroxylation sites is 1. The van der Waals surface area contributed by atoms with Gasteiger partial charge in [-0.15, -0.1) is 4.68 Å². The van der Waals surface area contributed by atoms with Gasteiger partial charge in [-0.2, -0.15) is 5.10 Å². The van der Waals surface area contributed by atoms with Crippen molar-refractivity contribution in [2.24, 2.45) is 5.10 Å². The lowest BCUT2D eigenvalue weighted by Crippen LogP contribution is -2.32. The van der Waals surface area contributed by atoms with Crippen LogP contribution in [0.2, 0.25) is 0 Å². The van der Waals surface area contributed by atoms with Crippen molar-refractivity contribution >= 4 is 34.4 Å². The zero-order valence-corrected chi connectivity index (χ0v) is 18.4. The van der Waals surface area contributed by atoms with Crippen LogP contribution < -0.4 is 21.3 Å². The number of fused-ring (bicyclic) bond motifs is 1. The Morgan fingerprint density at radius 2 is 1.89 bits per heavy atom. The van der Waals surface area contributed by atoms with E-state index in [1.807, 2.05) is 19.1 Å². The van der Waals surface area contributed by atoms with Gasteiger partial charge in [0.2, 0.25) is 0 Å². The van der Waals surface area contributed by atoms with E-state index in [-0.39, 0.29) is 16.7 Å². The van der Waals surface area contributed by atoms with Gasteiger partial charge in [0, 0.05) is 17.3 Å². The highest BCUT2D eigenvalue weighted by Gasteiger charge is 2.17. The number of ether oxygens (including phenoxy) is 1. The highest BCUT2D eigenvalue weighted by Crippen LogP contribution is 2.27. The smallest absolute Gasteiger partial charge is 0.349 e. The van der Waals surface area contributed by atoms with E-state index in [1.165, 1.54) is 12.1 Å². The predicted octanol–water partition coefficient (Wildman–Crippen LogP) is 2.81. The Kier molecular flexibility index (Phi) is 6.49. The zero-order valence-electron chi connectivity index (χ0n) is 18.4. The Labute approximate surface area is 197 Å². The van der Waals surface area contributed by atoms with Gasteiger partial charge in [-0.25, -0.2) is 4.79 Å². The molecule has 11 heteroatoms. The Morgan fingerprint density at radius 3 is 2.63 bits per heavy atom. The molecule has 1 heterocycles. The summed E-state index contributed by atoms with van der Waals surface area (Å²) in [5.74, 6) is -0.601. The molecule has 2 N–H and O–H groups in total. The number of aryl methyl sites for hydroxylation is 1. The molecule has 1 amide bonds. The molecule has 176 valence electrons. The van der Waals surface area contributed by atoms with Crippen molar-refractivity contribution in [3.05, 3.63) is 109 Å². The molecule has 4 rings (SSSR count). The number of carbonyl (C=O) groups excluding carboxylic acids is 1. The van der Waals surface area contributed by atoms with Crippen LogP contribution in [0.25, 0.3) is 10.9 Å². The predicted molar refractivity (Wildman–Crippen MR) is 130 cm³/mol. The summed E-state index contributed by atoms with van der Waals surface area (Å²) in [5.41, 5.74) is 0.438. The van der Waals surface area contributed by atoms with Crippen molar-refractivity contribution in [3.63, 3.8) is 0 Å². The summed E-state index contributed by atoms with van der Waals surface area (Å²) in [7, 11) is 0. The Bertz CT molecular complexity index is 1570. The van der Waals surface area contributed by atoms with Crippen LogP contribution in [0.5, 0.6) is 5.75 Å². The molecule has 4 aromatic rings. The van der Waals surface area contributed by atoms with Gasteiger partial charge in [0.05, 0.1) is 22.0 Å². The van der Waals surface area contributed by atoms with Gasteiger partial charge in [-0.1, -0.05) is 29.8 Å². The number of carbonyl (C=O) groups is 1. The number of hydrogen-bond acceptors (Lipinski definition) is 7. The van der Waals surface area contributed by atoms with Gasteiger partial charge in [0.25, 0.3) is 11.5 Å². The lowest BCUT2D eigenvalue weighted by Gasteiger charge is -2.08. The van der Waals surface area contributed by atoms with Crippen LogP contribution in [0, 0.1) is 17.0 Å². The molecule has 0 bridgehead atoms. The number of hydrogen-bond donors (Lipinski definition) is 2. The van der Waals surface area contributed by atoms with Gasteiger partial charge in [0.1, 0.15) is 0 Å². The third-order valence-corrected chi connectivity index (χ3v) is 4.98. The number of aromatic nitrogens is 2. The normalized spacial score (nSPS) is 11.0. The number of amides is 1. The molecule has 1 aromatic heterocycles. The Hall–Kier alpha value is -5.06. The lowest BCUT2D eigenvalue weighted by molar-refractivity contribution is -0.385. The van der Waals surface area contributed by atoms with E-state index in [0.717, 1.165) is 17.8 Å². The number of nitro groups is 1. The quantitative estimate of drug-likeness (QED) is 0.239. The van der Waals surface area contributed by atoms with Gasteiger partial charge in [-0.05, 0) is 43.3 Å². The summed E-state index contributed by atoms with van der Waals surface area (Å²) >= 11 is 0. The first-order chi connectivity index (χ1) is 16.8. The first-order valence-corrected chi connectivity index (χ1v) is 10.4. The van der Waals surface area contributed by atoms with Crippen LogP contribution >= 0.6 is 0 Å². The third-order valence-electron chi connectivity index (χ3n) is 4.98. The number of nitrogens with zero attached hydrogens (tertiary/aromatic N) is 3. The maximum Gasteiger partial charge on any atom is 0.349 e. The average molecular weight is 473 g/mol. The van der Waals surface area contributed by atoms with Crippen molar-refractivity contribution in [1.29, 1.82) is 0 Å². The van der Waals surface area contributed by atoms with Crippen LogP contribution in [0.1, 0.15) is 11.1 Å². The minimum Gasteiger partial charge on any atom is -0.477 e. The highest BCUT2D eigenvalue weighted by molar-refractivity contribution is 5.92. The van der Waals surface area contributed by atoms with Crippen LogP contribution in [-0.4, -0.2) is 33.3 Å². The van der Waals surface area contributed by atoms with Crippen molar-refractivity contribution in [1.82, 2.24) is 9.66 Å². The maximum atomic E-state index is 12.6. The van der Waals surface area contributed by atoms with Crippen molar-refractivity contribution in [3.8, 4) is 5.75 Å². The van der Waals surface area contributed by atoms with Crippen LogP contribution in [0.3, 0.4) is 0 Å². The molecule has 0 radical (unpaired) electrons. The van der Waals surface area contributed by atoms with Crippen molar-refractivity contribution < 1.29 is 14.5 Å². The fourth-order valence-corrected chi connectivity index (χ4v) is 3.24. The number of aromatic amines is 1. The number of nitrogens with one attached hydrogen (secondary N) is 2. The molecule has 0 unspecified atom stereocenters. The summed E-state index contributed by atoms with van der Waals surface area (Å²) in [4.78, 5) is 50.4. The molecule has 0 saturated heterocycles. The molecule has 0 aliphatic rings. The van der Waals surface area contributed by atoms with E-state index in [2.05, 4.69) is 15.4 Å². The Balaban J connectivity index is 1.52. The first kappa shape index (κ1) is 23.1. The molecule has 0 spiro atoms. The van der Waals surface area contributed by atoms with E-state index in [0.29, 0.717) is 15.9 Å². The minimum absolute atomic E-state index is 0.119. The van der Waals surface area contributed by atoms with Crippen LogP contribution in [0.15, 0.2) is 81.4 Å². The molecular weight excluding hydrogens is 454 g/mol. The number of benzene rings is 3. The van der Waals surface area contributed by atoms with Crippen LogP contribution in [0.4, 0.5) is 11.4 Å². The molecule has 0 fully saturated rings. The van der Waals surface area contributed by atoms with Crippen molar-refractivity contribution in [2.75, 3.05) is 11.9 Å². The molecule has 0 aliphatic heterocycles. The summed E-state index contributed by atoms with van der Waals surface area (Å²) in [6.07, 6.45) is 1.15. The number of anilines is 1. The second-order valence-corrected chi connectivity index (χ2v) is 7.52. The Morgan fingerprint density at radius 1 is 1.14 bits per heavy atom. The van der Waals surface area contributed by atoms with E-state index in [9.17, 15) is 24.5 Å². The number of nitro benzene ring substituents is 1. The van der Waals surface area contributed by atoms with E-state index in [1.54, 1.807) is 36.4 Å². The molecule has 11 nitrogen and oxygen atoms in total. The standard InChI is InChI=1S/C24H19N5O6/c1-15-6-9-17(10-7-15)26-22(30)14-35-21-11-8-16(12-20(21)29(33)34)13-25-28-23(31)18-4-2-3-5-19(18)27-24(28)32/h2-13H,14H2,1H3,(H,26,30)(H,27,32). The topological polar surface area (TPSA) is 149 Å². The zero-order chi connectivity index (χ0) is 24.9. The van der Waals surface area contributed by atoms with Crippen LogP contribution in [-0.2, 0) is 4.79 Å². The molecule has 0 aliphatic carbocycles. The fourth-order valence-electron chi connectivity index (χ4n) is 3.24. The second-order valence-electron chi connectivity index (χ2n) is 7.52. The second kappa shape index (κ2) is 9.83. The number of H-pyrrole nitrogens is 1. The van der Waals surface area contributed by atoms with Gasteiger partial charge >= 0.3 is 11.4 Å². The molecule has 3 aromatic carbocycles. The SMILES string of the molecule is Cc1ccc(NC(=O)COc2ccc(C=Nn3c(=O)[nH]c4ccccc4c3=O)cc2[N+](=O)[O-])cc1. The molecule has 0 atom stereocenters. The van der Waals surface area contributed by atoms with Gasteiger partial charge < -0.3 is 15.0 Å². The van der Waals surface area contributed by atoms with E-state index < -0.39 is 34.4 Å². The van der Waals surface area contributed by atoms with E-state index >= 15 is 0 Å². The van der Waals surface area contributed by atoms with E-state index in [4.69, 9.17) is 4.74 Å². The molecular formula is C24H19N5O6. The maximum absolute atomic E-state index is 12.6. The summed E-state index contributed by atoms with van der Waals surface area (Å²) in [5, 5.41) is 18.3. The first-order valence-electron chi connectivity index (χ1n) is 10.4. The minimum atomic E-state index is -0.751. The summed E-state index contributed by atoms with van der Waals surface area (Å²) in [6, 6.07) is 17.5. The largest absolute Gasteiger partial charge is 0.477 e. The summed E-state index contributed by atoms with van der Waals surface area (Å²) < 4.78 is 5.98. The molecule has 0 saturated carbocycles. The monoisotopic (exact) mass is 473 g/mol. The highest BCUT2D eigenvalue weighted by atomic mass is 16.6. The average Bonchev–Trinajstić information content (AvgIpc) is 2.84. The summed E-state index contributed by atoms with van der Waals surface area (Å²) in [6.45, 7) is 1.48. The van der Waals surface area contributed by atoms with Gasteiger partial charge in [0.15, 0.2) is 12.4 Å². The number of rotatable bonds is 7. The van der Waals surface area contributed by atoms with Gasteiger partial charge in [-0.3, -0.25) is 19.7 Å². The van der Waals surface area contributed by atoms with Crippen molar-refractivity contribution in [2.45, 2.75) is 6.92 Å². The molecule has 35 heavy (non-hydrogen) atoms.